The molecule has 0 aliphatic carbocycles. The van der Waals surface area contributed by atoms with E-state index in [2.05, 4.69) is 10.6 Å². The van der Waals surface area contributed by atoms with Crippen LogP contribution in [0.1, 0.15) is 28.4 Å². The van der Waals surface area contributed by atoms with Gasteiger partial charge in [0, 0.05) is 17.8 Å². The minimum Gasteiger partial charge on any atom is -0.508 e. The number of aliphatic hydroxyl groups is 2. The van der Waals surface area contributed by atoms with Crippen molar-refractivity contribution >= 4 is 11.7 Å². The zero-order valence-electron chi connectivity index (χ0n) is 20.9. The molecule has 202 valence electrons. The molecule has 7 N–H and O–H groups in total. The lowest BCUT2D eigenvalue weighted by molar-refractivity contribution is 0.00267. The number of urea groups is 1. The number of nitrogens with two attached hydrogens (primary N) is 1. The number of nitrogens with one attached hydrogen (secondary N) is 2. The number of ether oxygens (including phenoxy) is 3. The average molecular weight is 524 g/mol. The van der Waals surface area contributed by atoms with Gasteiger partial charge in [0.15, 0.2) is 17.6 Å². The smallest absolute Gasteiger partial charge is 0.316 e. The van der Waals surface area contributed by atoms with Crippen LogP contribution in [0.4, 0.5) is 10.5 Å². The third-order valence-electron chi connectivity index (χ3n) is 6.08. The number of amides is 2. The Kier molecular flexibility index (Phi) is 9.39. The number of anilines is 1. The molecule has 38 heavy (non-hydrogen) atoms. The number of fused-ring (bicyclic) bond motifs is 1. The number of rotatable bonds is 12. The Morgan fingerprint density at radius 3 is 2.79 bits per heavy atom. The van der Waals surface area contributed by atoms with Crippen LogP contribution in [0.3, 0.4) is 0 Å². The topological polar surface area (TPSA) is 156 Å². The Labute approximate surface area is 221 Å². The number of phenols is 1. The van der Waals surface area contributed by atoms with Gasteiger partial charge >= 0.3 is 6.03 Å². The number of hydrogen-bond acceptors (Lipinski definition) is 8. The van der Waals surface area contributed by atoms with Crippen molar-refractivity contribution in [3.05, 3.63) is 82.9 Å². The molecule has 1 aliphatic rings. The summed E-state index contributed by atoms with van der Waals surface area (Å²) in [4.78, 5) is 11.0. The van der Waals surface area contributed by atoms with Crippen LogP contribution in [0.2, 0.25) is 0 Å². The zero-order valence-corrected chi connectivity index (χ0v) is 20.9. The van der Waals surface area contributed by atoms with Crippen molar-refractivity contribution in [1.29, 1.82) is 0 Å². The van der Waals surface area contributed by atoms with Crippen LogP contribution < -0.4 is 25.8 Å². The van der Waals surface area contributed by atoms with Crippen LogP contribution in [-0.4, -0.2) is 53.8 Å². The molecule has 0 aromatic heterocycles. The Morgan fingerprint density at radius 1 is 1.11 bits per heavy atom. The van der Waals surface area contributed by atoms with E-state index in [4.69, 9.17) is 19.9 Å². The first kappa shape index (κ1) is 27.2. The highest BCUT2D eigenvalue weighted by atomic mass is 16.6. The summed E-state index contributed by atoms with van der Waals surface area (Å²) in [5, 5.41) is 35.2. The van der Waals surface area contributed by atoms with Crippen molar-refractivity contribution < 1.29 is 34.3 Å². The molecule has 2 atom stereocenters. The first-order valence-electron chi connectivity index (χ1n) is 12.4. The SMILES string of the molecule is NC(=O)Nc1cccc(COCC2COc3ccc(CCNC[C@H](O)c4ccc(O)c(CO)c4)cc3O2)c1. The van der Waals surface area contributed by atoms with Gasteiger partial charge in [0.25, 0.3) is 0 Å². The first-order chi connectivity index (χ1) is 18.4. The highest BCUT2D eigenvalue weighted by Crippen LogP contribution is 2.33. The van der Waals surface area contributed by atoms with Gasteiger partial charge < -0.3 is 45.9 Å². The lowest BCUT2D eigenvalue weighted by Gasteiger charge is -2.27. The van der Waals surface area contributed by atoms with Gasteiger partial charge in [-0.05, 0) is 66.1 Å². The Morgan fingerprint density at radius 2 is 1.97 bits per heavy atom. The second-order valence-electron chi connectivity index (χ2n) is 9.05. The summed E-state index contributed by atoms with van der Waals surface area (Å²) in [5.74, 6) is 1.36. The van der Waals surface area contributed by atoms with E-state index in [-0.39, 0.29) is 18.5 Å². The molecule has 0 saturated carbocycles. The lowest BCUT2D eigenvalue weighted by Crippen LogP contribution is -2.33. The number of carbonyl (C=O) groups excluding carboxylic acids is 1. The summed E-state index contributed by atoms with van der Waals surface area (Å²) in [6, 6.07) is 17.2. The number of aliphatic hydroxyl groups excluding tert-OH is 2. The number of hydrogen-bond donors (Lipinski definition) is 6. The van der Waals surface area contributed by atoms with Gasteiger partial charge in [-0.25, -0.2) is 4.79 Å². The standard InChI is InChI=1S/C28H33N3O7/c29-28(35)31-22-3-1-2-19(10-22)15-36-16-23-17-37-26-7-4-18(11-27(26)38-23)8-9-30-13-25(34)20-5-6-24(33)21(12-20)14-32/h1-7,10-12,23,25,30,32-34H,8-9,13-17H2,(H3,29,31,35)/t23?,25-/m0/s1. The van der Waals surface area contributed by atoms with Crippen LogP contribution in [-0.2, 0) is 24.4 Å². The monoisotopic (exact) mass is 523 g/mol. The molecule has 1 heterocycles. The van der Waals surface area contributed by atoms with Gasteiger partial charge in [-0.1, -0.05) is 24.3 Å². The van der Waals surface area contributed by atoms with Gasteiger partial charge in [-0.2, -0.15) is 0 Å². The van der Waals surface area contributed by atoms with E-state index < -0.39 is 12.1 Å². The summed E-state index contributed by atoms with van der Waals surface area (Å²) >= 11 is 0. The molecule has 10 heteroatoms. The molecule has 1 unspecified atom stereocenters. The van der Waals surface area contributed by atoms with E-state index in [0.717, 1.165) is 17.5 Å². The average Bonchev–Trinajstić information content (AvgIpc) is 2.91. The Hall–Kier alpha value is -3.83. The van der Waals surface area contributed by atoms with E-state index >= 15 is 0 Å². The molecule has 3 aromatic carbocycles. The normalized spacial score (nSPS) is 15.2. The van der Waals surface area contributed by atoms with Crippen molar-refractivity contribution in [2.45, 2.75) is 31.8 Å². The van der Waals surface area contributed by atoms with Crippen LogP contribution in [0.5, 0.6) is 17.2 Å². The molecular weight excluding hydrogens is 490 g/mol. The van der Waals surface area contributed by atoms with E-state index in [9.17, 15) is 20.1 Å². The maximum Gasteiger partial charge on any atom is 0.316 e. The molecular formula is C28H33N3O7. The quantitative estimate of drug-likeness (QED) is 0.198. The van der Waals surface area contributed by atoms with Crippen molar-refractivity contribution in [1.82, 2.24) is 5.32 Å². The molecule has 4 rings (SSSR count). The fraction of sp³-hybridized carbons (Fsp3) is 0.321. The fourth-order valence-electron chi connectivity index (χ4n) is 4.12. The maximum absolute atomic E-state index is 11.0. The van der Waals surface area contributed by atoms with E-state index in [0.29, 0.717) is 61.2 Å². The van der Waals surface area contributed by atoms with Crippen LogP contribution >= 0.6 is 0 Å². The minimum absolute atomic E-state index is 0.00761. The molecule has 2 amide bonds. The van der Waals surface area contributed by atoms with Crippen LogP contribution in [0.15, 0.2) is 60.7 Å². The molecule has 0 radical (unpaired) electrons. The van der Waals surface area contributed by atoms with Crippen molar-refractivity contribution in [3.8, 4) is 17.2 Å². The maximum atomic E-state index is 11.0. The summed E-state index contributed by atoms with van der Waals surface area (Å²) < 4.78 is 17.7. The molecule has 0 saturated heterocycles. The lowest BCUT2D eigenvalue weighted by atomic mass is 10.1. The first-order valence-corrected chi connectivity index (χ1v) is 12.4. The summed E-state index contributed by atoms with van der Waals surface area (Å²) in [6.07, 6.45) is -0.298. The highest BCUT2D eigenvalue weighted by molar-refractivity contribution is 5.87. The van der Waals surface area contributed by atoms with Crippen molar-refractivity contribution in [2.24, 2.45) is 5.73 Å². The molecule has 10 nitrogen and oxygen atoms in total. The van der Waals surface area contributed by atoms with Gasteiger partial charge in [-0.3, -0.25) is 0 Å². The number of primary amides is 1. The van der Waals surface area contributed by atoms with E-state index in [1.54, 1.807) is 24.3 Å². The highest BCUT2D eigenvalue weighted by Gasteiger charge is 2.21. The Bertz CT molecular complexity index is 1240. The van der Waals surface area contributed by atoms with E-state index in [1.807, 2.05) is 30.3 Å². The third-order valence-corrected chi connectivity index (χ3v) is 6.08. The minimum atomic E-state index is -0.760. The fourth-order valence-corrected chi connectivity index (χ4v) is 4.12. The molecule has 3 aromatic rings. The summed E-state index contributed by atoms with van der Waals surface area (Å²) in [7, 11) is 0. The number of aromatic hydroxyl groups is 1. The third kappa shape index (κ3) is 7.59. The second-order valence-corrected chi connectivity index (χ2v) is 9.05. The van der Waals surface area contributed by atoms with Gasteiger partial charge in [-0.15, -0.1) is 0 Å². The summed E-state index contributed by atoms with van der Waals surface area (Å²) in [6.45, 7) is 1.75. The predicted octanol–water partition coefficient (Wildman–Crippen LogP) is 2.60. The molecule has 0 bridgehead atoms. The number of carbonyl (C=O) groups is 1. The predicted molar refractivity (Wildman–Crippen MR) is 141 cm³/mol. The van der Waals surface area contributed by atoms with Crippen molar-refractivity contribution in [3.63, 3.8) is 0 Å². The summed E-state index contributed by atoms with van der Waals surface area (Å²) in [5.41, 5.74) is 8.73. The second kappa shape index (κ2) is 13.1. The molecule has 0 fully saturated rings. The van der Waals surface area contributed by atoms with Gasteiger partial charge in [0.05, 0.1) is 25.9 Å². The van der Waals surface area contributed by atoms with Gasteiger partial charge in [0.1, 0.15) is 12.4 Å². The largest absolute Gasteiger partial charge is 0.508 e. The molecule has 1 aliphatic heterocycles. The van der Waals surface area contributed by atoms with Crippen LogP contribution in [0, 0.1) is 0 Å². The molecule has 0 spiro atoms. The van der Waals surface area contributed by atoms with Gasteiger partial charge in [0.2, 0.25) is 0 Å². The van der Waals surface area contributed by atoms with E-state index in [1.165, 1.54) is 6.07 Å². The zero-order chi connectivity index (χ0) is 26.9. The van der Waals surface area contributed by atoms with Crippen molar-refractivity contribution in [2.75, 3.05) is 31.6 Å². The number of benzene rings is 3. The van der Waals surface area contributed by atoms with Crippen LogP contribution in [0.25, 0.3) is 0 Å². The Balaban J connectivity index is 1.21.